The number of aliphatic hydroxyl groups excluding tert-OH is 1. The number of carbonyl (C=O) groups excluding carboxylic acids is 1. The summed E-state index contributed by atoms with van der Waals surface area (Å²) in [5, 5.41) is 18.1. The highest BCUT2D eigenvalue weighted by molar-refractivity contribution is 7.89. The molecule has 1 saturated carbocycles. The van der Waals surface area contributed by atoms with Crippen LogP contribution in [0.2, 0.25) is 0 Å². The van der Waals surface area contributed by atoms with Gasteiger partial charge in [0.2, 0.25) is 0 Å². The average molecular weight is 504 g/mol. The number of fused-ring (bicyclic) bond motifs is 2. The van der Waals surface area contributed by atoms with Gasteiger partial charge in [-0.05, 0) is 89.9 Å². The number of anilines is 1. The maximum absolute atomic E-state index is 13.4. The molecule has 3 aromatic rings. The van der Waals surface area contributed by atoms with Crippen LogP contribution in [0.4, 0.5) is 10.5 Å². The lowest BCUT2D eigenvalue weighted by molar-refractivity contribution is 0.245. The molecular formula is C29H33N3O3S. The van der Waals surface area contributed by atoms with E-state index in [4.69, 9.17) is 5.14 Å². The standard InChI is InChI=1S/C29H33N3O3S/c1-19-13-22(17-33)14-20(2)27(19)23-7-10-26-25(15-23)29(11-3-4-12-29)18-32(26)28(34)31-16-21-5-8-24(9-6-21)36(30)35/h5-10,13-15,33H,3-4,11-12,16-18,30H2,1-2H3,(H,31,34). The van der Waals surface area contributed by atoms with E-state index in [0.717, 1.165) is 40.8 Å². The molecule has 1 heterocycles. The number of rotatable bonds is 5. The zero-order valence-electron chi connectivity index (χ0n) is 20.8. The fraction of sp³-hybridized carbons (Fsp3) is 0.345. The van der Waals surface area contributed by atoms with Gasteiger partial charge in [0.25, 0.3) is 0 Å². The molecule has 0 bridgehead atoms. The van der Waals surface area contributed by atoms with E-state index < -0.39 is 11.4 Å². The molecule has 5 rings (SSSR count). The summed E-state index contributed by atoms with van der Waals surface area (Å²) in [6.45, 7) is 5.32. The van der Waals surface area contributed by atoms with Crippen LogP contribution in [0.3, 0.4) is 0 Å². The smallest absolute Gasteiger partial charge is 0.322 e. The summed E-state index contributed by atoms with van der Waals surface area (Å²) in [5.41, 5.74) is 8.79. The highest BCUT2D eigenvalue weighted by atomic mass is 32.2. The first-order chi connectivity index (χ1) is 17.3. The Morgan fingerprint density at radius 3 is 2.33 bits per heavy atom. The van der Waals surface area contributed by atoms with Crippen molar-refractivity contribution in [3.8, 4) is 11.1 Å². The Labute approximate surface area is 215 Å². The summed E-state index contributed by atoms with van der Waals surface area (Å²) in [6, 6.07) is 17.7. The highest BCUT2D eigenvalue weighted by Gasteiger charge is 2.46. The van der Waals surface area contributed by atoms with Crippen LogP contribution in [-0.4, -0.2) is 22.2 Å². The summed E-state index contributed by atoms with van der Waals surface area (Å²) < 4.78 is 11.4. The number of hydrogen-bond donors (Lipinski definition) is 3. The van der Waals surface area contributed by atoms with Gasteiger partial charge >= 0.3 is 6.03 Å². The third-order valence-electron chi connectivity index (χ3n) is 7.79. The second kappa shape index (κ2) is 9.90. The molecule has 1 aliphatic heterocycles. The topological polar surface area (TPSA) is 102 Å². The Kier molecular flexibility index (Phi) is 6.83. The van der Waals surface area contributed by atoms with E-state index in [0.29, 0.717) is 18.0 Å². The van der Waals surface area contributed by atoms with E-state index in [1.807, 2.05) is 17.0 Å². The predicted molar refractivity (Wildman–Crippen MR) is 144 cm³/mol. The number of nitrogens with one attached hydrogen (secondary N) is 1. The van der Waals surface area contributed by atoms with Crippen LogP contribution in [0.5, 0.6) is 0 Å². The van der Waals surface area contributed by atoms with Crippen molar-refractivity contribution in [2.45, 2.75) is 63.0 Å². The molecule has 6 nitrogen and oxygen atoms in total. The third-order valence-corrected chi connectivity index (χ3v) is 8.53. The van der Waals surface area contributed by atoms with E-state index in [1.54, 1.807) is 12.1 Å². The number of aliphatic hydroxyl groups is 1. The first kappa shape index (κ1) is 24.8. The maximum atomic E-state index is 13.4. The first-order valence-electron chi connectivity index (χ1n) is 12.5. The van der Waals surface area contributed by atoms with Gasteiger partial charge in [0, 0.05) is 24.2 Å². The highest BCUT2D eigenvalue weighted by Crippen LogP contribution is 2.51. The van der Waals surface area contributed by atoms with Crippen molar-refractivity contribution in [1.82, 2.24) is 5.32 Å². The molecule has 188 valence electrons. The molecule has 0 radical (unpaired) electrons. The molecule has 1 unspecified atom stereocenters. The molecule has 1 atom stereocenters. The van der Waals surface area contributed by atoms with Crippen LogP contribution in [-0.2, 0) is 29.9 Å². The van der Waals surface area contributed by atoms with E-state index in [1.165, 1.54) is 29.5 Å². The summed E-state index contributed by atoms with van der Waals surface area (Å²) >= 11 is -1.51. The number of nitrogens with two attached hydrogens (primary N) is 1. The Morgan fingerprint density at radius 1 is 1.06 bits per heavy atom. The average Bonchev–Trinajstić information content (AvgIpc) is 3.47. The zero-order chi connectivity index (χ0) is 25.4. The fourth-order valence-electron chi connectivity index (χ4n) is 6.10. The van der Waals surface area contributed by atoms with Gasteiger partial charge in [-0.25, -0.2) is 4.79 Å². The first-order valence-corrected chi connectivity index (χ1v) is 13.7. The molecule has 0 saturated heterocycles. The van der Waals surface area contributed by atoms with Gasteiger partial charge in [0.15, 0.2) is 4.90 Å². The van der Waals surface area contributed by atoms with Crippen molar-refractivity contribution in [3.05, 3.63) is 82.4 Å². The summed E-state index contributed by atoms with van der Waals surface area (Å²) in [7, 11) is 0. The van der Waals surface area contributed by atoms with Crippen molar-refractivity contribution < 1.29 is 14.5 Å². The molecule has 0 aromatic heterocycles. The number of aryl methyl sites for hydroxylation is 2. The molecule has 1 fully saturated rings. The van der Waals surface area contributed by atoms with Gasteiger partial charge in [-0.15, -0.1) is 5.14 Å². The Hall–Kier alpha value is -2.84. The van der Waals surface area contributed by atoms with Gasteiger partial charge in [-0.2, -0.15) is 0 Å². The minimum atomic E-state index is -1.51. The van der Waals surface area contributed by atoms with Crippen LogP contribution < -0.4 is 15.4 Å². The molecular weight excluding hydrogens is 470 g/mol. The van der Waals surface area contributed by atoms with Gasteiger partial charge in [0.05, 0.1) is 18.0 Å². The summed E-state index contributed by atoms with van der Waals surface area (Å²) in [5.74, 6) is 0. The number of urea groups is 1. The molecule has 3 aromatic carbocycles. The quantitative estimate of drug-likeness (QED) is 0.427. The monoisotopic (exact) mass is 503 g/mol. The predicted octanol–water partition coefficient (Wildman–Crippen LogP) is 4.99. The van der Waals surface area contributed by atoms with Crippen molar-refractivity contribution in [2.75, 3.05) is 11.4 Å². The Morgan fingerprint density at radius 2 is 1.72 bits per heavy atom. The van der Waals surface area contributed by atoms with Crippen molar-refractivity contribution >= 4 is 23.1 Å². The third kappa shape index (κ3) is 4.52. The number of hydrogen-bond acceptors (Lipinski definition) is 4. The van der Waals surface area contributed by atoms with Gasteiger partial charge in [0.1, 0.15) is 0 Å². The number of amides is 2. The minimum Gasteiger partial charge on any atom is -0.593 e. The molecule has 1 spiro atoms. The Balaban J connectivity index is 1.42. The maximum Gasteiger partial charge on any atom is 0.322 e. The lowest BCUT2D eigenvalue weighted by Gasteiger charge is -2.25. The largest absolute Gasteiger partial charge is 0.593 e. The normalized spacial score (nSPS) is 16.9. The van der Waals surface area contributed by atoms with Crippen LogP contribution in [0.25, 0.3) is 11.1 Å². The number of carbonyl (C=O) groups is 1. The second-order valence-corrected chi connectivity index (χ2v) is 11.2. The number of nitrogens with zero attached hydrogens (tertiary/aromatic N) is 1. The molecule has 4 N–H and O–H groups in total. The van der Waals surface area contributed by atoms with E-state index in [2.05, 4.69) is 49.5 Å². The fourth-order valence-corrected chi connectivity index (χ4v) is 6.50. The van der Waals surface area contributed by atoms with Gasteiger partial charge < -0.3 is 15.0 Å². The molecule has 36 heavy (non-hydrogen) atoms. The number of benzene rings is 3. The van der Waals surface area contributed by atoms with E-state index in [9.17, 15) is 14.5 Å². The lowest BCUT2D eigenvalue weighted by Crippen LogP contribution is -2.41. The molecule has 2 aliphatic rings. The van der Waals surface area contributed by atoms with Crippen LogP contribution >= 0.6 is 0 Å². The lowest BCUT2D eigenvalue weighted by atomic mass is 9.79. The van der Waals surface area contributed by atoms with Gasteiger partial charge in [-0.3, -0.25) is 4.90 Å². The summed E-state index contributed by atoms with van der Waals surface area (Å²) in [6.07, 6.45) is 4.53. The molecule has 2 amide bonds. The van der Waals surface area contributed by atoms with E-state index in [-0.39, 0.29) is 18.1 Å². The summed E-state index contributed by atoms with van der Waals surface area (Å²) in [4.78, 5) is 15.8. The van der Waals surface area contributed by atoms with Crippen molar-refractivity contribution in [1.29, 1.82) is 0 Å². The van der Waals surface area contributed by atoms with Crippen molar-refractivity contribution in [2.24, 2.45) is 5.14 Å². The van der Waals surface area contributed by atoms with Crippen molar-refractivity contribution in [3.63, 3.8) is 0 Å². The minimum absolute atomic E-state index is 0.00235. The SMILES string of the molecule is Cc1cc(CO)cc(C)c1-c1ccc2c(c1)C1(CCCC1)CN2C(=O)NCc1ccc([S+](N)[O-])cc1. The zero-order valence-corrected chi connectivity index (χ0v) is 21.7. The van der Waals surface area contributed by atoms with Crippen LogP contribution in [0.15, 0.2) is 59.5 Å². The van der Waals surface area contributed by atoms with Gasteiger partial charge in [-0.1, -0.05) is 43.2 Å². The Bertz CT molecular complexity index is 1260. The van der Waals surface area contributed by atoms with Crippen LogP contribution in [0, 0.1) is 13.8 Å². The van der Waals surface area contributed by atoms with E-state index >= 15 is 0 Å². The molecule has 1 aliphatic carbocycles. The van der Waals surface area contributed by atoms with Crippen LogP contribution in [0.1, 0.15) is 53.5 Å². The second-order valence-electron chi connectivity index (χ2n) is 10.2. The molecule has 7 heteroatoms.